The van der Waals surface area contributed by atoms with E-state index in [1.807, 2.05) is 32.9 Å². The number of ether oxygens (including phenoxy) is 4. The number of likely N-dealkylation sites (tertiary alicyclic amines) is 1. The molecule has 4 rings (SSSR count). The molecule has 1 aromatic rings. The smallest absolute Gasteiger partial charge is 0.407 e. The third-order valence-electron chi connectivity index (χ3n) is 10.6. The molecule has 56 heavy (non-hydrogen) atoms. The number of alkyl carbamates (subject to hydrolysis) is 1. The number of hydrogen-bond donors (Lipinski definition) is 4. The van der Waals surface area contributed by atoms with E-state index in [0.29, 0.717) is 65.3 Å². The monoisotopic (exact) mass is 786 g/mol. The van der Waals surface area contributed by atoms with Crippen LogP contribution in [0.3, 0.4) is 0 Å². The average molecular weight is 787 g/mol. The Labute approximate surface area is 332 Å². The second-order valence-corrected chi connectivity index (χ2v) is 16.2. The zero-order chi connectivity index (χ0) is 40.3. The van der Waals surface area contributed by atoms with Crippen molar-refractivity contribution in [3.63, 3.8) is 0 Å². The van der Waals surface area contributed by atoms with Crippen LogP contribution < -0.4 is 21.3 Å². The number of nitrogens with one attached hydrogen (secondary N) is 4. The maximum atomic E-state index is 13.0. The maximum absolute atomic E-state index is 13.0. The molecule has 314 valence electrons. The van der Waals surface area contributed by atoms with Crippen molar-refractivity contribution in [2.75, 3.05) is 53.1 Å². The second-order valence-electron chi connectivity index (χ2n) is 16.2. The summed E-state index contributed by atoms with van der Waals surface area (Å²) >= 11 is 0. The van der Waals surface area contributed by atoms with Crippen molar-refractivity contribution in [2.45, 2.75) is 134 Å². The Morgan fingerprint density at radius 2 is 1.45 bits per heavy atom. The van der Waals surface area contributed by atoms with E-state index in [-0.39, 0.29) is 60.3 Å². The molecular formula is C41H66N6O9. The van der Waals surface area contributed by atoms with Crippen LogP contribution in [0.1, 0.15) is 116 Å². The van der Waals surface area contributed by atoms with E-state index < -0.39 is 17.6 Å². The van der Waals surface area contributed by atoms with Crippen molar-refractivity contribution in [1.29, 1.82) is 0 Å². The van der Waals surface area contributed by atoms with Gasteiger partial charge in [0.1, 0.15) is 5.60 Å². The van der Waals surface area contributed by atoms with Gasteiger partial charge in [0.25, 0.3) is 0 Å². The lowest BCUT2D eigenvalue weighted by Gasteiger charge is -2.29. The predicted molar refractivity (Wildman–Crippen MR) is 209 cm³/mol. The average Bonchev–Trinajstić information content (AvgIpc) is 3.47. The minimum Gasteiger partial charge on any atom is -0.444 e. The normalized spacial score (nSPS) is 24.0. The number of amides is 5. The van der Waals surface area contributed by atoms with E-state index in [2.05, 4.69) is 26.3 Å². The molecule has 4 N–H and O–H groups in total. The molecule has 15 nitrogen and oxygen atoms in total. The highest BCUT2D eigenvalue weighted by molar-refractivity contribution is 5.90. The minimum absolute atomic E-state index is 0.0265. The summed E-state index contributed by atoms with van der Waals surface area (Å²) < 4.78 is 22.9. The van der Waals surface area contributed by atoms with Crippen molar-refractivity contribution < 1.29 is 42.9 Å². The lowest BCUT2D eigenvalue weighted by molar-refractivity contribution is -0.128. The van der Waals surface area contributed by atoms with Crippen LogP contribution in [-0.2, 0) is 38.1 Å². The van der Waals surface area contributed by atoms with Gasteiger partial charge in [0.05, 0.1) is 30.8 Å². The Hall–Kier alpha value is -3.82. The van der Waals surface area contributed by atoms with E-state index in [4.69, 9.17) is 18.9 Å². The Bertz CT molecular complexity index is 1380. The molecule has 2 aliphatic carbocycles. The van der Waals surface area contributed by atoms with Gasteiger partial charge in [0.2, 0.25) is 23.6 Å². The van der Waals surface area contributed by atoms with Crippen molar-refractivity contribution >= 4 is 29.7 Å². The van der Waals surface area contributed by atoms with Crippen molar-refractivity contribution in [2.24, 2.45) is 11.8 Å². The van der Waals surface area contributed by atoms with Gasteiger partial charge in [-0.25, -0.2) is 4.79 Å². The first-order valence-corrected chi connectivity index (χ1v) is 20.7. The molecule has 2 heterocycles. The fourth-order valence-corrected chi connectivity index (χ4v) is 7.60. The van der Waals surface area contributed by atoms with Crippen LogP contribution in [0.4, 0.5) is 4.79 Å². The van der Waals surface area contributed by atoms with Crippen molar-refractivity contribution in [3.05, 3.63) is 30.1 Å². The lowest BCUT2D eigenvalue weighted by atomic mass is 9.85. The first kappa shape index (κ1) is 44.9. The van der Waals surface area contributed by atoms with Gasteiger partial charge in [-0.3, -0.25) is 24.2 Å². The van der Waals surface area contributed by atoms with Crippen LogP contribution in [0.5, 0.6) is 0 Å². The summed E-state index contributed by atoms with van der Waals surface area (Å²) in [5.41, 5.74) is 0.338. The molecule has 5 amide bonds. The number of carbonyl (C=O) groups is 5. The largest absolute Gasteiger partial charge is 0.444 e. The number of hydrogen-bond acceptors (Lipinski definition) is 10. The highest BCUT2D eigenvalue weighted by Crippen LogP contribution is 2.36. The van der Waals surface area contributed by atoms with Crippen molar-refractivity contribution in [1.82, 2.24) is 31.2 Å². The molecule has 0 unspecified atom stereocenters. The molecule has 3 fully saturated rings. The van der Waals surface area contributed by atoms with Crippen molar-refractivity contribution in [3.8, 4) is 0 Å². The molecule has 0 spiro atoms. The highest BCUT2D eigenvalue weighted by atomic mass is 16.6. The number of nitrogens with zero attached hydrogens (tertiary/aromatic N) is 2. The summed E-state index contributed by atoms with van der Waals surface area (Å²) in [7, 11) is 1.73. The Kier molecular flexibility index (Phi) is 18.8. The van der Waals surface area contributed by atoms with Gasteiger partial charge >= 0.3 is 6.09 Å². The molecule has 0 aromatic carbocycles. The van der Waals surface area contributed by atoms with Crippen LogP contribution >= 0.6 is 0 Å². The second kappa shape index (κ2) is 23.4. The fraction of sp³-hybridized carbons (Fsp3) is 0.756. The molecule has 1 aromatic heterocycles. The standard InChI is InChI=1S/C41H66N6O9/c1-41(2,3)56-40(52)45-21-8-24-53-23-7-20-43-38(50)29-11-13-31(14-12-29)46-35(48)10-6-25-54-32-15-17-33(18-16-32)55-26-22-44-39(51)34-27-36(49)47(4)37(34)30-9-5-19-42-28-30/h5,9,19,28-29,31-34,37H,6-8,10-18,20-27H2,1-4H3,(H,43,50)(H,44,51)(H,45,52)(H,46,48)/t29?,31?,32?,33?,34-,37+/m0/s1. The third kappa shape index (κ3) is 16.0. The van der Waals surface area contributed by atoms with Gasteiger partial charge in [-0.2, -0.15) is 0 Å². The molecular weight excluding hydrogens is 720 g/mol. The van der Waals surface area contributed by atoms with E-state index >= 15 is 0 Å². The summed E-state index contributed by atoms with van der Waals surface area (Å²) in [5.74, 6) is -0.576. The Morgan fingerprint density at radius 1 is 0.804 bits per heavy atom. The van der Waals surface area contributed by atoms with Crippen LogP contribution in [0.25, 0.3) is 0 Å². The summed E-state index contributed by atoms with van der Waals surface area (Å²) in [4.78, 5) is 68.0. The van der Waals surface area contributed by atoms with Crippen LogP contribution in [0.2, 0.25) is 0 Å². The van der Waals surface area contributed by atoms with Crippen LogP contribution in [-0.4, -0.2) is 117 Å². The highest BCUT2D eigenvalue weighted by Gasteiger charge is 2.42. The van der Waals surface area contributed by atoms with E-state index in [1.165, 1.54) is 0 Å². The zero-order valence-corrected chi connectivity index (χ0v) is 34.0. The number of pyridine rings is 1. The van der Waals surface area contributed by atoms with Gasteiger partial charge in [0.15, 0.2) is 0 Å². The molecule has 15 heteroatoms. The van der Waals surface area contributed by atoms with Crippen LogP contribution in [0.15, 0.2) is 24.5 Å². The zero-order valence-electron chi connectivity index (χ0n) is 34.0. The van der Waals surface area contributed by atoms with Gasteiger partial charge < -0.3 is 45.1 Å². The molecule has 1 aliphatic heterocycles. The SMILES string of the molecule is CN1C(=O)C[C@H](C(=O)NCCOC2CCC(OCCCC(=O)NC3CCC(C(=O)NCCCOCCCNC(=O)OC(C)(C)C)CC3)CC2)[C@H]1c1cccnc1. The molecule has 1 saturated heterocycles. The summed E-state index contributed by atoms with van der Waals surface area (Å²) in [6.07, 6.45) is 12.6. The van der Waals surface area contributed by atoms with E-state index in [9.17, 15) is 24.0 Å². The topological polar surface area (TPSA) is 187 Å². The molecule has 2 atom stereocenters. The summed E-state index contributed by atoms with van der Waals surface area (Å²) in [6.45, 7) is 8.91. The maximum Gasteiger partial charge on any atom is 0.407 e. The first-order chi connectivity index (χ1) is 26.9. The predicted octanol–water partition coefficient (Wildman–Crippen LogP) is 3.95. The number of aromatic nitrogens is 1. The van der Waals surface area contributed by atoms with Gasteiger partial charge in [-0.05, 0) is 103 Å². The van der Waals surface area contributed by atoms with Gasteiger partial charge in [0, 0.05) is 83.7 Å². The van der Waals surface area contributed by atoms with Gasteiger partial charge in [-0.1, -0.05) is 6.07 Å². The number of rotatable bonds is 21. The Balaban J connectivity index is 0.946. The first-order valence-electron chi connectivity index (χ1n) is 20.7. The molecule has 2 saturated carbocycles. The van der Waals surface area contributed by atoms with Crippen LogP contribution in [0, 0.1) is 11.8 Å². The summed E-state index contributed by atoms with van der Waals surface area (Å²) in [6, 6.07) is 3.49. The summed E-state index contributed by atoms with van der Waals surface area (Å²) in [5, 5.41) is 11.8. The minimum atomic E-state index is -0.517. The molecule has 3 aliphatic rings. The Morgan fingerprint density at radius 3 is 2.09 bits per heavy atom. The van der Waals surface area contributed by atoms with E-state index in [1.54, 1.807) is 24.3 Å². The quantitative estimate of drug-likeness (QED) is 0.133. The number of carbonyl (C=O) groups excluding carboxylic acids is 5. The van der Waals surface area contributed by atoms with E-state index in [0.717, 1.165) is 63.4 Å². The third-order valence-corrected chi connectivity index (χ3v) is 10.6. The molecule has 0 bridgehead atoms. The van der Waals surface area contributed by atoms with Gasteiger partial charge in [-0.15, -0.1) is 0 Å². The lowest BCUT2D eigenvalue weighted by Crippen LogP contribution is -2.41. The fourth-order valence-electron chi connectivity index (χ4n) is 7.60. The molecule has 0 radical (unpaired) electrons.